The second-order valence-electron chi connectivity index (χ2n) is 7.13. The molecule has 1 aliphatic heterocycles. The largest absolute Gasteiger partial charge is 0.491 e. The zero-order valence-electron chi connectivity index (χ0n) is 16.5. The highest BCUT2D eigenvalue weighted by Gasteiger charge is 2.20. The average molecular weight is 406 g/mol. The van der Waals surface area contributed by atoms with Gasteiger partial charge in [-0.3, -0.25) is 0 Å². The van der Waals surface area contributed by atoms with E-state index in [4.69, 9.17) is 9.47 Å². The maximum atomic E-state index is 13.4. The Bertz CT molecular complexity index is 1010. The normalized spacial score (nSPS) is 13.2. The fourth-order valence-corrected chi connectivity index (χ4v) is 3.34. The minimum Gasteiger partial charge on any atom is -0.491 e. The number of anilines is 1. The number of ether oxygens (including phenoxy) is 2. The number of nitrogens with one attached hydrogen (secondary N) is 1. The van der Waals surface area contributed by atoms with E-state index in [1.807, 2.05) is 48.5 Å². The maximum Gasteiger partial charge on any atom is 0.322 e. The van der Waals surface area contributed by atoms with Crippen LogP contribution in [0.1, 0.15) is 16.7 Å². The Labute approximate surface area is 175 Å². The number of fused-ring (bicyclic) bond motifs is 1. The van der Waals surface area contributed by atoms with Crippen molar-refractivity contribution >= 4 is 11.7 Å². The van der Waals surface area contributed by atoms with Crippen LogP contribution in [0, 0.1) is 5.82 Å². The fourth-order valence-electron chi connectivity index (χ4n) is 3.34. The summed E-state index contributed by atoms with van der Waals surface area (Å²) in [6, 6.07) is 21.5. The van der Waals surface area contributed by atoms with Gasteiger partial charge in [-0.15, -0.1) is 0 Å². The number of urea groups is 1. The van der Waals surface area contributed by atoms with Crippen LogP contribution in [0.15, 0.2) is 72.8 Å². The highest BCUT2D eigenvalue weighted by atomic mass is 19.1. The van der Waals surface area contributed by atoms with Gasteiger partial charge in [0, 0.05) is 11.3 Å². The van der Waals surface area contributed by atoms with Crippen LogP contribution in [0.25, 0.3) is 0 Å². The van der Waals surface area contributed by atoms with Gasteiger partial charge in [-0.2, -0.15) is 0 Å². The van der Waals surface area contributed by atoms with Crippen LogP contribution in [-0.2, 0) is 24.5 Å². The van der Waals surface area contributed by atoms with Crippen molar-refractivity contribution in [2.24, 2.45) is 0 Å². The van der Waals surface area contributed by atoms with Crippen LogP contribution >= 0.6 is 0 Å². The van der Waals surface area contributed by atoms with E-state index in [2.05, 4.69) is 5.32 Å². The molecule has 6 heteroatoms. The van der Waals surface area contributed by atoms with Crippen molar-refractivity contribution < 1.29 is 18.7 Å². The molecule has 5 nitrogen and oxygen atoms in total. The summed E-state index contributed by atoms with van der Waals surface area (Å²) in [5, 5.41) is 2.74. The summed E-state index contributed by atoms with van der Waals surface area (Å²) in [4.78, 5) is 14.3. The molecule has 3 aromatic carbocycles. The number of halogens is 1. The Kier molecular flexibility index (Phi) is 6.25. The first kappa shape index (κ1) is 19.9. The SMILES string of the molecule is O=C(Nc1cccc(F)c1)N1CCOc2ccc(COCc3ccccc3)cc2C1. The van der Waals surface area contributed by atoms with Crippen LogP contribution in [-0.4, -0.2) is 24.1 Å². The van der Waals surface area contributed by atoms with Gasteiger partial charge in [0.2, 0.25) is 0 Å². The van der Waals surface area contributed by atoms with Crippen molar-refractivity contribution in [3.63, 3.8) is 0 Å². The predicted octanol–water partition coefficient (Wildman–Crippen LogP) is 4.97. The van der Waals surface area contributed by atoms with Crippen LogP contribution in [0.2, 0.25) is 0 Å². The Morgan fingerprint density at radius 2 is 1.83 bits per heavy atom. The molecule has 3 aromatic rings. The monoisotopic (exact) mass is 406 g/mol. The third kappa shape index (κ3) is 5.15. The van der Waals surface area contributed by atoms with Crippen LogP contribution in [0.3, 0.4) is 0 Å². The van der Waals surface area contributed by atoms with Crippen LogP contribution in [0.4, 0.5) is 14.9 Å². The Hall–Kier alpha value is -3.38. The molecule has 2 amide bonds. The maximum absolute atomic E-state index is 13.4. The highest BCUT2D eigenvalue weighted by Crippen LogP contribution is 2.25. The fraction of sp³-hybridized carbons (Fsp3) is 0.208. The van der Waals surface area contributed by atoms with Gasteiger partial charge < -0.3 is 19.7 Å². The van der Waals surface area contributed by atoms with Crippen molar-refractivity contribution in [3.8, 4) is 5.75 Å². The van der Waals surface area contributed by atoms with Gasteiger partial charge >= 0.3 is 6.03 Å². The molecule has 0 aromatic heterocycles. The number of carbonyl (C=O) groups excluding carboxylic acids is 1. The van der Waals surface area contributed by atoms with Crippen LogP contribution < -0.4 is 10.1 Å². The molecule has 0 radical (unpaired) electrons. The van der Waals surface area contributed by atoms with Gasteiger partial charge in [-0.05, 0) is 41.5 Å². The molecule has 1 aliphatic rings. The summed E-state index contributed by atoms with van der Waals surface area (Å²) < 4.78 is 25.0. The van der Waals surface area contributed by atoms with E-state index in [-0.39, 0.29) is 6.03 Å². The molecular weight excluding hydrogens is 383 g/mol. The molecule has 0 fully saturated rings. The van der Waals surface area contributed by atoms with Crippen molar-refractivity contribution in [1.82, 2.24) is 4.90 Å². The molecule has 0 unspecified atom stereocenters. The Balaban J connectivity index is 1.40. The summed E-state index contributed by atoms with van der Waals surface area (Å²) in [5.74, 6) is 0.375. The highest BCUT2D eigenvalue weighted by molar-refractivity contribution is 5.89. The molecular formula is C24H23FN2O3. The first-order chi connectivity index (χ1) is 14.7. The molecule has 0 saturated heterocycles. The van der Waals surface area contributed by atoms with E-state index >= 15 is 0 Å². The number of carbonyl (C=O) groups is 1. The topological polar surface area (TPSA) is 50.8 Å². The second kappa shape index (κ2) is 9.41. The van der Waals surface area contributed by atoms with E-state index in [0.29, 0.717) is 38.6 Å². The van der Waals surface area contributed by atoms with Gasteiger partial charge in [0.25, 0.3) is 0 Å². The minimum atomic E-state index is -0.391. The molecule has 4 rings (SSSR count). The van der Waals surface area contributed by atoms with Crippen molar-refractivity contribution in [2.75, 3.05) is 18.5 Å². The lowest BCUT2D eigenvalue weighted by molar-refractivity contribution is 0.107. The molecule has 1 N–H and O–H groups in total. The zero-order chi connectivity index (χ0) is 20.8. The van der Waals surface area contributed by atoms with Gasteiger partial charge in [-0.1, -0.05) is 42.5 Å². The third-order valence-electron chi connectivity index (χ3n) is 4.85. The number of hydrogen-bond acceptors (Lipinski definition) is 3. The molecule has 0 bridgehead atoms. The van der Waals surface area contributed by atoms with Crippen LogP contribution in [0.5, 0.6) is 5.75 Å². The van der Waals surface area contributed by atoms with Crippen molar-refractivity contribution in [2.45, 2.75) is 19.8 Å². The molecule has 1 heterocycles. The number of nitrogens with zero attached hydrogens (tertiary/aromatic N) is 1. The van der Waals surface area contributed by atoms with Gasteiger partial charge in [-0.25, -0.2) is 9.18 Å². The predicted molar refractivity (Wildman–Crippen MR) is 113 cm³/mol. The number of benzene rings is 3. The van der Waals surface area contributed by atoms with Gasteiger partial charge in [0.1, 0.15) is 18.2 Å². The number of hydrogen-bond donors (Lipinski definition) is 1. The molecule has 0 atom stereocenters. The summed E-state index contributed by atoms with van der Waals surface area (Å²) in [7, 11) is 0. The summed E-state index contributed by atoms with van der Waals surface area (Å²) in [6.07, 6.45) is 0. The zero-order valence-corrected chi connectivity index (χ0v) is 16.5. The summed E-state index contributed by atoms with van der Waals surface area (Å²) in [6.45, 7) is 2.25. The lowest BCUT2D eigenvalue weighted by Crippen LogP contribution is -2.36. The number of amides is 2. The van der Waals surface area contributed by atoms with Gasteiger partial charge in [0.05, 0.1) is 26.3 Å². The van der Waals surface area contributed by atoms with Gasteiger partial charge in [0.15, 0.2) is 0 Å². The summed E-state index contributed by atoms with van der Waals surface area (Å²) >= 11 is 0. The Morgan fingerprint density at radius 1 is 1.00 bits per heavy atom. The standard InChI is InChI=1S/C24H23FN2O3/c25-21-7-4-8-22(14-21)26-24(28)27-11-12-30-23-10-9-19(13-20(23)15-27)17-29-16-18-5-2-1-3-6-18/h1-10,13-14H,11-12,15-17H2,(H,26,28). The quantitative estimate of drug-likeness (QED) is 0.651. The van der Waals surface area contributed by atoms with E-state index in [9.17, 15) is 9.18 Å². The molecule has 0 saturated carbocycles. The average Bonchev–Trinajstić information content (AvgIpc) is 2.97. The minimum absolute atomic E-state index is 0.289. The summed E-state index contributed by atoms with van der Waals surface area (Å²) in [5.41, 5.74) is 3.48. The van der Waals surface area contributed by atoms with E-state index in [1.54, 1.807) is 17.0 Å². The lowest BCUT2D eigenvalue weighted by Gasteiger charge is -2.20. The van der Waals surface area contributed by atoms with E-state index in [0.717, 1.165) is 22.4 Å². The lowest BCUT2D eigenvalue weighted by atomic mass is 10.1. The van der Waals surface area contributed by atoms with Crippen molar-refractivity contribution in [1.29, 1.82) is 0 Å². The smallest absolute Gasteiger partial charge is 0.322 e. The molecule has 30 heavy (non-hydrogen) atoms. The first-order valence-corrected chi connectivity index (χ1v) is 9.85. The molecule has 154 valence electrons. The van der Waals surface area contributed by atoms with E-state index < -0.39 is 5.82 Å². The third-order valence-corrected chi connectivity index (χ3v) is 4.85. The second-order valence-corrected chi connectivity index (χ2v) is 7.13. The molecule has 0 aliphatic carbocycles. The number of rotatable bonds is 5. The van der Waals surface area contributed by atoms with E-state index in [1.165, 1.54) is 12.1 Å². The first-order valence-electron chi connectivity index (χ1n) is 9.85. The molecule has 0 spiro atoms. The Morgan fingerprint density at radius 3 is 2.67 bits per heavy atom. The van der Waals surface area contributed by atoms with Crippen molar-refractivity contribution in [3.05, 3.63) is 95.3 Å².